The zero-order chi connectivity index (χ0) is 13.3. The number of likely N-dealkylation sites (tertiary alicyclic amines) is 1. The van der Waals surface area contributed by atoms with Crippen LogP contribution in [0.1, 0.15) is 25.7 Å². The molecule has 3 fully saturated rings. The molecule has 0 N–H and O–H groups in total. The molecule has 5 nitrogen and oxygen atoms in total. The van der Waals surface area contributed by atoms with Gasteiger partial charge in [0.15, 0.2) is 0 Å². The maximum Gasteiger partial charge on any atom is 0.310 e. The van der Waals surface area contributed by atoms with Crippen LogP contribution in [0.25, 0.3) is 0 Å². The summed E-state index contributed by atoms with van der Waals surface area (Å²) in [4.78, 5) is 14.0. The van der Waals surface area contributed by atoms with E-state index in [1.807, 2.05) is 0 Å². The molecule has 1 spiro atoms. The number of hydrogen-bond donors (Lipinski definition) is 0. The largest absolute Gasteiger partial charge is 0.469 e. The fraction of sp³-hybridized carbons (Fsp3) is 0.929. The van der Waals surface area contributed by atoms with E-state index < -0.39 is 0 Å². The van der Waals surface area contributed by atoms with Gasteiger partial charge in [-0.3, -0.25) is 9.69 Å². The normalized spacial score (nSPS) is 39.8. The molecule has 0 amide bonds. The van der Waals surface area contributed by atoms with Crippen molar-refractivity contribution < 1.29 is 19.0 Å². The van der Waals surface area contributed by atoms with Gasteiger partial charge in [-0.15, -0.1) is 0 Å². The minimum atomic E-state index is -0.0616. The Morgan fingerprint density at radius 3 is 3.00 bits per heavy atom. The summed E-state index contributed by atoms with van der Waals surface area (Å²) in [5.74, 6) is -0.00269. The highest BCUT2D eigenvalue weighted by Gasteiger charge is 2.44. The first-order chi connectivity index (χ1) is 9.22. The molecule has 3 rings (SSSR count). The highest BCUT2D eigenvalue weighted by Crippen LogP contribution is 2.36. The van der Waals surface area contributed by atoms with Crippen molar-refractivity contribution in [1.82, 2.24) is 4.90 Å². The van der Waals surface area contributed by atoms with Crippen molar-refractivity contribution in [3.05, 3.63) is 0 Å². The van der Waals surface area contributed by atoms with E-state index in [1.165, 1.54) is 7.11 Å². The van der Waals surface area contributed by atoms with E-state index in [4.69, 9.17) is 14.2 Å². The molecular formula is C14H23NO4. The molecule has 0 aliphatic carbocycles. The van der Waals surface area contributed by atoms with Crippen molar-refractivity contribution >= 4 is 5.97 Å². The van der Waals surface area contributed by atoms with Crippen molar-refractivity contribution in [2.45, 2.75) is 37.3 Å². The van der Waals surface area contributed by atoms with E-state index in [0.29, 0.717) is 6.04 Å². The van der Waals surface area contributed by atoms with Crippen molar-refractivity contribution in [3.63, 3.8) is 0 Å². The van der Waals surface area contributed by atoms with Crippen LogP contribution in [-0.2, 0) is 19.0 Å². The predicted octanol–water partition coefficient (Wildman–Crippen LogP) is 0.819. The summed E-state index contributed by atoms with van der Waals surface area (Å²) in [6.45, 7) is 4.21. The van der Waals surface area contributed by atoms with Gasteiger partial charge in [-0.1, -0.05) is 0 Å². The van der Waals surface area contributed by atoms with Crippen molar-refractivity contribution in [2.75, 3.05) is 40.0 Å². The van der Waals surface area contributed by atoms with Crippen LogP contribution < -0.4 is 0 Å². The number of hydrogen-bond acceptors (Lipinski definition) is 5. The van der Waals surface area contributed by atoms with E-state index in [9.17, 15) is 4.79 Å². The number of ether oxygens (including phenoxy) is 3. The van der Waals surface area contributed by atoms with Gasteiger partial charge in [-0.2, -0.15) is 0 Å². The van der Waals surface area contributed by atoms with Gasteiger partial charge in [0.05, 0.1) is 25.2 Å². The van der Waals surface area contributed by atoms with E-state index in [2.05, 4.69) is 4.90 Å². The Kier molecular flexibility index (Phi) is 3.78. The first kappa shape index (κ1) is 13.3. The van der Waals surface area contributed by atoms with E-state index in [0.717, 1.165) is 58.6 Å². The lowest BCUT2D eigenvalue weighted by atomic mass is 9.89. The third-order valence-electron chi connectivity index (χ3n) is 4.80. The Morgan fingerprint density at radius 2 is 2.26 bits per heavy atom. The van der Waals surface area contributed by atoms with Crippen LogP contribution in [-0.4, -0.2) is 62.5 Å². The summed E-state index contributed by atoms with van der Waals surface area (Å²) >= 11 is 0. The standard InChI is InChI=1S/C14H23NO4/c1-17-13(16)11-2-5-15(9-11)12-3-6-19-14(8-12)4-7-18-10-14/h11-12H,2-10H2,1H3. The van der Waals surface area contributed by atoms with Crippen LogP contribution in [0, 0.1) is 5.92 Å². The van der Waals surface area contributed by atoms with Gasteiger partial charge in [0, 0.05) is 32.2 Å². The minimum absolute atomic E-state index is 0.0493. The third-order valence-corrected chi connectivity index (χ3v) is 4.80. The maximum atomic E-state index is 11.6. The Hall–Kier alpha value is -0.650. The minimum Gasteiger partial charge on any atom is -0.469 e. The highest BCUT2D eigenvalue weighted by atomic mass is 16.6. The second kappa shape index (κ2) is 5.38. The number of esters is 1. The number of methoxy groups -OCH3 is 1. The van der Waals surface area contributed by atoms with Gasteiger partial charge < -0.3 is 14.2 Å². The molecule has 0 aromatic carbocycles. The summed E-state index contributed by atoms with van der Waals surface area (Å²) in [6.07, 6.45) is 4.04. The number of carbonyl (C=O) groups excluding carboxylic acids is 1. The van der Waals surface area contributed by atoms with Crippen LogP contribution >= 0.6 is 0 Å². The lowest BCUT2D eigenvalue weighted by molar-refractivity contribution is -0.145. The number of nitrogens with zero attached hydrogens (tertiary/aromatic N) is 1. The van der Waals surface area contributed by atoms with Crippen LogP contribution in [0.3, 0.4) is 0 Å². The topological polar surface area (TPSA) is 48.0 Å². The van der Waals surface area contributed by atoms with Crippen LogP contribution in [0.5, 0.6) is 0 Å². The molecule has 0 aromatic heterocycles. The van der Waals surface area contributed by atoms with Crippen LogP contribution in [0.2, 0.25) is 0 Å². The molecule has 0 saturated carbocycles. The third kappa shape index (κ3) is 2.64. The van der Waals surface area contributed by atoms with Gasteiger partial charge in [0.1, 0.15) is 0 Å². The smallest absolute Gasteiger partial charge is 0.310 e. The predicted molar refractivity (Wildman–Crippen MR) is 68.8 cm³/mol. The summed E-state index contributed by atoms with van der Waals surface area (Å²) in [5.41, 5.74) is -0.0493. The zero-order valence-corrected chi connectivity index (χ0v) is 11.6. The van der Waals surface area contributed by atoms with E-state index >= 15 is 0 Å². The van der Waals surface area contributed by atoms with Gasteiger partial charge in [0.25, 0.3) is 0 Å². The fourth-order valence-corrected chi connectivity index (χ4v) is 3.65. The highest BCUT2D eigenvalue weighted by molar-refractivity contribution is 5.72. The van der Waals surface area contributed by atoms with Crippen LogP contribution in [0.15, 0.2) is 0 Å². The lowest BCUT2D eigenvalue weighted by Crippen LogP contribution is -2.48. The van der Waals surface area contributed by atoms with Crippen molar-refractivity contribution in [2.24, 2.45) is 5.92 Å². The summed E-state index contributed by atoms with van der Waals surface area (Å²) in [7, 11) is 1.48. The zero-order valence-electron chi connectivity index (χ0n) is 11.6. The summed E-state index contributed by atoms with van der Waals surface area (Å²) in [6, 6.07) is 0.533. The maximum absolute atomic E-state index is 11.6. The van der Waals surface area contributed by atoms with E-state index in [1.54, 1.807) is 0 Å². The molecular weight excluding hydrogens is 246 g/mol. The second-order valence-corrected chi connectivity index (χ2v) is 5.98. The molecule has 3 heterocycles. The Bertz CT molecular complexity index is 340. The first-order valence-corrected chi connectivity index (χ1v) is 7.26. The molecule has 3 unspecified atom stereocenters. The first-order valence-electron chi connectivity index (χ1n) is 7.26. The lowest BCUT2D eigenvalue weighted by Gasteiger charge is -2.41. The molecule has 3 aliphatic rings. The molecule has 19 heavy (non-hydrogen) atoms. The fourth-order valence-electron chi connectivity index (χ4n) is 3.65. The van der Waals surface area contributed by atoms with Gasteiger partial charge in [-0.25, -0.2) is 0 Å². The molecule has 108 valence electrons. The van der Waals surface area contributed by atoms with Gasteiger partial charge in [-0.05, 0) is 25.8 Å². The Morgan fingerprint density at radius 1 is 1.37 bits per heavy atom. The second-order valence-electron chi connectivity index (χ2n) is 5.98. The van der Waals surface area contributed by atoms with Crippen molar-refractivity contribution in [1.29, 1.82) is 0 Å². The number of carbonyl (C=O) groups is 1. The Labute approximate surface area is 114 Å². The average molecular weight is 269 g/mol. The Balaban J connectivity index is 1.59. The summed E-state index contributed by atoms with van der Waals surface area (Å²) in [5, 5.41) is 0. The van der Waals surface area contributed by atoms with Gasteiger partial charge >= 0.3 is 5.97 Å². The average Bonchev–Trinajstić information content (AvgIpc) is 3.08. The van der Waals surface area contributed by atoms with Gasteiger partial charge in [0.2, 0.25) is 0 Å². The molecule has 3 aliphatic heterocycles. The van der Waals surface area contributed by atoms with E-state index in [-0.39, 0.29) is 17.5 Å². The molecule has 5 heteroatoms. The summed E-state index contributed by atoms with van der Waals surface area (Å²) < 4.78 is 16.3. The van der Waals surface area contributed by atoms with Crippen molar-refractivity contribution in [3.8, 4) is 0 Å². The molecule has 0 bridgehead atoms. The SMILES string of the molecule is COC(=O)C1CCN(C2CCOC3(CCOC3)C2)C1. The quantitative estimate of drug-likeness (QED) is 0.695. The van der Waals surface area contributed by atoms with Crippen LogP contribution in [0.4, 0.5) is 0 Å². The number of rotatable bonds is 2. The molecule has 0 radical (unpaired) electrons. The monoisotopic (exact) mass is 269 g/mol. The molecule has 3 atom stereocenters. The molecule has 0 aromatic rings. The molecule has 3 saturated heterocycles.